The molecule has 0 fully saturated rings. The van der Waals surface area contributed by atoms with E-state index in [1.807, 2.05) is 39.0 Å². The molecule has 0 saturated carbocycles. The average Bonchev–Trinajstić information content (AvgIpc) is 2.30. The van der Waals surface area contributed by atoms with Crippen LogP contribution in [0.5, 0.6) is 0 Å². The summed E-state index contributed by atoms with van der Waals surface area (Å²) >= 11 is 6.04. The Morgan fingerprint density at radius 1 is 1.00 bits per heavy atom. The van der Waals surface area contributed by atoms with Crippen LogP contribution in [0.25, 0.3) is 0 Å². The van der Waals surface area contributed by atoms with Crippen molar-refractivity contribution in [2.24, 2.45) is 5.73 Å². The van der Waals surface area contributed by atoms with Crippen molar-refractivity contribution in [2.75, 3.05) is 0 Å². The SMILES string of the molecule is Cc1ccc(Cl)cc1C(N)c1c(C)cc(F)cc1C. The molecule has 0 aromatic heterocycles. The minimum absolute atomic E-state index is 0.228. The van der Waals surface area contributed by atoms with Gasteiger partial charge in [0.15, 0.2) is 0 Å². The van der Waals surface area contributed by atoms with Crippen molar-refractivity contribution in [3.05, 3.63) is 69.0 Å². The van der Waals surface area contributed by atoms with Crippen LogP contribution in [0.15, 0.2) is 30.3 Å². The molecule has 2 rings (SSSR count). The highest BCUT2D eigenvalue weighted by Crippen LogP contribution is 2.30. The Bertz CT molecular complexity index is 599. The van der Waals surface area contributed by atoms with Gasteiger partial charge in [-0.3, -0.25) is 0 Å². The molecule has 2 aromatic carbocycles. The predicted octanol–water partition coefficient (Wildman–Crippen LogP) is 4.45. The molecule has 0 heterocycles. The van der Waals surface area contributed by atoms with Crippen LogP contribution in [0, 0.1) is 26.6 Å². The molecule has 0 aliphatic rings. The molecule has 3 heteroatoms. The average molecular weight is 278 g/mol. The fourth-order valence-corrected chi connectivity index (χ4v) is 2.69. The zero-order valence-electron chi connectivity index (χ0n) is 11.3. The molecule has 0 bridgehead atoms. The molecule has 2 aromatic rings. The summed E-state index contributed by atoms with van der Waals surface area (Å²) in [5.41, 5.74) is 11.1. The van der Waals surface area contributed by atoms with Crippen LogP contribution >= 0.6 is 11.6 Å². The Balaban J connectivity index is 2.56. The molecular weight excluding hydrogens is 261 g/mol. The lowest BCUT2D eigenvalue weighted by Gasteiger charge is -2.20. The van der Waals surface area contributed by atoms with Crippen LogP contribution in [-0.2, 0) is 0 Å². The van der Waals surface area contributed by atoms with Gasteiger partial charge in [-0.2, -0.15) is 0 Å². The van der Waals surface area contributed by atoms with E-state index in [1.165, 1.54) is 12.1 Å². The third-order valence-electron chi connectivity index (χ3n) is 3.45. The van der Waals surface area contributed by atoms with E-state index in [1.54, 1.807) is 0 Å². The molecular formula is C16H17ClFN. The molecule has 0 saturated heterocycles. The molecule has 2 N–H and O–H groups in total. The molecule has 100 valence electrons. The van der Waals surface area contributed by atoms with E-state index in [2.05, 4.69) is 0 Å². The van der Waals surface area contributed by atoms with Crippen LogP contribution in [0.4, 0.5) is 4.39 Å². The van der Waals surface area contributed by atoms with Crippen molar-refractivity contribution in [1.82, 2.24) is 0 Å². The molecule has 1 unspecified atom stereocenters. The molecule has 0 aliphatic carbocycles. The van der Waals surface area contributed by atoms with Crippen LogP contribution < -0.4 is 5.73 Å². The summed E-state index contributed by atoms with van der Waals surface area (Å²) < 4.78 is 13.4. The lowest BCUT2D eigenvalue weighted by molar-refractivity contribution is 0.623. The Morgan fingerprint density at radius 3 is 2.16 bits per heavy atom. The van der Waals surface area contributed by atoms with Gasteiger partial charge in [-0.05, 0) is 72.9 Å². The largest absolute Gasteiger partial charge is 0.320 e. The maximum Gasteiger partial charge on any atom is 0.123 e. The Hall–Kier alpha value is -1.38. The van der Waals surface area contributed by atoms with Gasteiger partial charge in [0.05, 0.1) is 6.04 Å². The Labute approximate surface area is 118 Å². The van der Waals surface area contributed by atoms with Gasteiger partial charge in [-0.25, -0.2) is 4.39 Å². The molecule has 0 aliphatic heterocycles. The number of rotatable bonds is 2. The van der Waals surface area contributed by atoms with E-state index in [0.29, 0.717) is 5.02 Å². The minimum Gasteiger partial charge on any atom is -0.320 e. The Morgan fingerprint density at radius 2 is 1.58 bits per heavy atom. The lowest BCUT2D eigenvalue weighted by Crippen LogP contribution is -2.16. The van der Waals surface area contributed by atoms with Crippen molar-refractivity contribution in [1.29, 1.82) is 0 Å². The van der Waals surface area contributed by atoms with Gasteiger partial charge in [-0.1, -0.05) is 17.7 Å². The summed E-state index contributed by atoms with van der Waals surface area (Å²) in [6.45, 7) is 5.76. The van der Waals surface area contributed by atoms with E-state index in [0.717, 1.165) is 27.8 Å². The highest BCUT2D eigenvalue weighted by molar-refractivity contribution is 6.30. The van der Waals surface area contributed by atoms with Gasteiger partial charge in [0, 0.05) is 5.02 Å². The van der Waals surface area contributed by atoms with Crippen LogP contribution in [0.3, 0.4) is 0 Å². The first-order valence-electron chi connectivity index (χ1n) is 6.18. The zero-order chi connectivity index (χ0) is 14.2. The van der Waals surface area contributed by atoms with Gasteiger partial charge >= 0.3 is 0 Å². The quantitative estimate of drug-likeness (QED) is 0.862. The van der Waals surface area contributed by atoms with Gasteiger partial charge < -0.3 is 5.73 Å². The van der Waals surface area contributed by atoms with E-state index in [-0.39, 0.29) is 11.9 Å². The molecule has 0 radical (unpaired) electrons. The first-order chi connectivity index (χ1) is 8.90. The number of benzene rings is 2. The standard InChI is InChI=1S/C16H17ClFN/c1-9-4-5-12(17)8-14(9)16(19)15-10(2)6-13(18)7-11(15)3/h4-8,16H,19H2,1-3H3. The second-order valence-corrected chi connectivity index (χ2v) is 5.37. The minimum atomic E-state index is -0.292. The van der Waals surface area contributed by atoms with Gasteiger partial charge in [0.25, 0.3) is 0 Å². The zero-order valence-corrected chi connectivity index (χ0v) is 12.1. The third-order valence-corrected chi connectivity index (χ3v) is 3.68. The summed E-state index contributed by atoms with van der Waals surface area (Å²) in [5, 5.41) is 0.661. The smallest absolute Gasteiger partial charge is 0.123 e. The molecule has 19 heavy (non-hydrogen) atoms. The fourth-order valence-electron chi connectivity index (χ4n) is 2.51. The van der Waals surface area contributed by atoms with Crippen LogP contribution in [-0.4, -0.2) is 0 Å². The monoisotopic (exact) mass is 277 g/mol. The normalized spacial score (nSPS) is 12.5. The summed E-state index contributed by atoms with van der Waals surface area (Å²) in [7, 11) is 0. The molecule has 0 spiro atoms. The van der Waals surface area contributed by atoms with Gasteiger partial charge in [-0.15, -0.1) is 0 Å². The molecule has 1 atom stereocenters. The summed E-state index contributed by atoms with van der Waals surface area (Å²) in [5.74, 6) is -0.228. The fraction of sp³-hybridized carbons (Fsp3) is 0.250. The number of hydrogen-bond donors (Lipinski definition) is 1. The highest BCUT2D eigenvalue weighted by atomic mass is 35.5. The number of aryl methyl sites for hydroxylation is 3. The van der Waals surface area contributed by atoms with Gasteiger partial charge in [0.1, 0.15) is 5.82 Å². The highest BCUT2D eigenvalue weighted by Gasteiger charge is 2.17. The van der Waals surface area contributed by atoms with Crippen molar-refractivity contribution in [2.45, 2.75) is 26.8 Å². The third kappa shape index (κ3) is 2.80. The topological polar surface area (TPSA) is 26.0 Å². The summed E-state index contributed by atoms with van der Waals surface area (Å²) in [6.07, 6.45) is 0. The summed E-state index contributed by atoms with van der Waals surface area (Å²) in [4.78, 5) is 0. The molecule has 1 nitrogen and oxygen atoms in total. The van der Waals surface area contributed by atoms with E-state index < -0.39 is 0 Å². The second kappa shape index (κ2) is 5.32. The van der Waals surface area contributed by atoms with Crippen molar-refractivity contribution in [3.8, 4) is 0 Å². The summed E-state index contributed by atoms with van der Waals surface area (Å²) in [6, 6.07) is 8.41. The number of nitrogens with two attached hydrogens (primary N) is 1. The number of halogens is 2. The van der Waals surface area contributed by atoms with Crippen LogP contribution in [0.1, 0.15) is 33.9 Å². The maximum absolute atomic E-state index is 13.4. The van der Waals surface area contributed by atoms with Gasteiger partial charge in [0.2, 0.25) is 0 Å². The molecule has 0 amide bonds. The van der Waals surface area contributed by atoms with Crippen molar-refractivity contribution in [3.63, 3.8) is 0 Å². The van der Waals surface area contributed by atoms with E-state index in [4.69, 9.17) is 17.3 Å². The van der Waals surface area contributed by atoms with E-state index in [9.17, 15) is 4.39 Å². The van der Waals surface area contributed by atoms with Crippen molar-refractivity contribution < 1.29 is 4.39 Å². The lowest BCUT2D eigenvalue weighted by atomic mass is 9.90. The predicted molar refractivity (Wildman–Crippen MR) is 78.1 cm³/mol. The Kier molecular flexibility index (Phi) is 3.93. The van der Waals surface area contributed by atoms with Crippen LogP contribution in [0.2, 0.25) is 5.02 Å². The second-order valence-electron chi connectivity index (χ2n) is 4.93. The first kappa shape index (κ1) is 14.0. The first-order valence-corrected chi connectivity index (χ1v) is 6.56. The van der Waals surface area contributed by atoms with Crippen molar-refractivity contribution >= 4 is 11.6 Å². The maximum atomic E-state index is 13.4. The van der Waals surface area contributed by atoms with E-state index >= 15 is 0 Å². The number of hydrogen-bond acceptors (Lipinski definition) is 1.